The van der Waals surface area contributed by atoms with E-state index in [4.69, 9.17) is 5.41 Å². The van der Waals surface area contributed by atoms with Crippen LogP contribution in [-0.2, 0) is 0 Å². The fourth-order valence-electron chi connectivity index (χ4n) is 0.176. The quantitative estimate of drug-likeness (QED) is 0.319. The van der Waals surface area contributed by atoms with Crippen LogP contribution >= 0.6 is 0 Å². The van der Waals surface area contributed by atoms with Crippen molar-refractivity contribution in [1.29, 1.82) is 5.41 Å². The number of halogens is 4. The third kappa shape index (κ3) is 2.29. The molecule has 0 amide bonds. The first-order chi connectivity index (χ1) is 3.85. The van der Waals surface area contributed by atoms with E-state index in [1.54, 1.807) is 0 Å². The standard InChI is InChI=1S/C3H4F4N2/c4-1(2(8)9)3(5,6)7/h1H,(H3,8,9). The van der Waals surface area contributed by atoms with Crippen molar-refractivity contribution < 1.29 is 17.6 Å². The van der Waals surface area contributed by atoms with E-state index in [9.17, 15) is 17.6 Å². The lowest BCUT2D eigenvalue weighted by molar-refractivity contribution is -0.161. The lowest BCUT2D eigenvalue weighted by atomic mass is 10.3. The first-order valence-corrected chi connectivity index (χ1v) is 1.90. The summed E-state index contributed by atoms with van der Waals surface area (Å²) in [5.74, 6) is -1.51. The fraction of sp³-hybridized carbons (Fsp3) is 0.667. The molecule has 1 unspecified atom stereocenters. The van der Waals surface area contributed by atoms with Gasteiger partial charge in [-0.3, -0.25) is 5.41 Å². The smallest absolute Gasteiger partial charge is 0.385 e. The summed E-state index contributed by atoms with van der Waals surface area (Å²) in [7, 11) is 0. The Balaban J connectivity index is 4.04. The molecule has 0 aromatic carbocycles. The maximum absolute atomic E-state index is 11.6. The third-order valence-corrected chi connectivity index (χ3v) is 0.560. The molecule has 0 fully saturated rings. The van der Waals surface area contributed by atoms with Crippen LogP contribution in [0.3, 0.4) is 0 Å². The van der Waals surface area contributed by atoms with Crippen molar-refractivity contribution in [2.75, 3.05) is 0 Å². The summed E-state index contributed by atoms with van der Waals surface area (Å²) in [4.78, 5) is 0. The third-order valence-electron chi connectivity index (χ3n) is 0.560. The van der Waals surface area contributed by atoms with Crippen LogP contribution in [0.4, 0.5) is 17.6 Å². The molecule has 6 heteroatoms. The molecule has 0 radical (unpaired) electrons. The Morgan fingerprint density at radius 1 is 1.44 bits per heavy atom. The first kappa shape index (κ1) is 8.19. The summed E-state index contributed by atoms with van der Waals surface area (Å²) in [6, 6.07) is 0. The van der Waals surface area contributed by atoms with Gasteiger partial charge >= 0.3 is 6.18 Å². The maximum Gasteiger partial charge on any atom is 0.426 e. The van der Waals surface area contributed by atoms with E-state index >= 15 is 0 Å². The van der Waals surface area contributed by atoms with E-state index in [-0.39, 0.29) is 0 Å². The van der Waals surface area contributed by atoms with Crippen LogP contribution < -0.4 is 5.73 Å². The highest BCUT2D eigenvalue weighted by molar-refractivity contribution is 5.82. The lowest BCUT2D eigenvalue weighted by Gasteiger charge is -2.08. The average Bonchev–Trinajstić information content (AvgIpc) is 1.62. The second-order valence-corrected chi connectivity index (χ2v) is 1.36. The van der Waals surface area contributed by atoms with Crippen molar-refractivity contribution in [3.63, 3.8) is 0 Å². The molecule has 0 aliphatic heterocycles. The van der Waals surface area contributed by atoms with Crippen LogP contribution in [0.25, 0.3) is 0 Å². The van der Waals surface area contributed by atoms with Gasteiger partial charge in [-0.2, -0.15) is 13.2 Å². The molecule has 1 atom stereocenters. The van der Waals surface area contributed by atoms with Crippen LogP contribution in [0, 0.1) is 5.41 Å². The Morgan fingerprint density at radius 2 is 1.78 bits per heavy atom. The number of rotatable bonds is 1. The zero-order chi connectivity index (χ0) is 7.65. The summed E-state index contributed by atoms with van der Waals surface area (Å²) in [5, 5.41) is 6.04. The van der Waals surface area contributed by atoms with E-state index in [1.807, 2.05) is 0 Å². The van der Waals surface area contributed by atoms with E-state index in [0.717, 1.165) is 0 Å². The van der Waals surface area contributed by atoms with Crippen molar-refractivity contribution in [2.24, 2.45) is 5.73 Å². The predicted octanol–water partition coefficient (Wildman–Crippen LogP) is 0.823. The SMILES string of the molecule is N=C(N)C(F)C(F)(F)F. The molecule has 0 aliphatic carbocycles. The summed E-state index contributed by atoms with van der Waals surface area (Å²) < 4.78 is 44.9. The van der Waals surface area contributed by atoms with Gasteiger partial charge in [-0.25, -0.2) is 4.39 Å². The Hall–Kier alpha value is -0.810. The minimum absolute atomic E-state index is 1.51. The van der Waals surface area contributed by atoms with E-state index in [2.05, 4.69) is 5.73 Å². The normalized spacial score (nSPS) is 15.1. The molecule has 2 nitrogen and oxygen atoms in total. The number of hydrogen-bond acceptors (Lipinski definition) is 1. The Labute approximate surface area is 48.2 Å². The summed E-state index contributed by atoms with van der Waals surface area (Å²) in [6.07, 6.45) is -8.36. The van der Waals surface area contributed by atoms with Gasteiger partial charge in [-0.05, 0) is 0 Å². The average molecular weight is 144 g/mol. The van der Waals surface area contributed by atoms with Crippen molar-refractivity contribution in [3.05, 3.63) is 0 Å². The molecule has 0 aromatic heterocycles. The van der Waals surface area contributed by atoms with Crippen LogP contribution in [0.2, 0.25) is 0 Å². The summed E-state index contributed by atoms with van der Waals surface area (Å²) in [6.45, 7) is 0. The number of amidine groups is 1. The molecule has 3 N–H and O–H groups in total. The molecule has 0 aromatic rings. The fourth-order valence-corrected chi connectivity index (χ4v) is 0.176. The van der Waals surface area contributed by atoms with Crippen molar-refractivity contribution in [1.82, 2.24) is 0 Å². The van der Waals surface area contributed by atoms with Crippen molar-refractivity contribution in [3.8, 4) is 0 Å². The molecule has 9 heavy (non-hydrogen) atoms. The zero-order valence-electron chi connectivity index (χ0n) is 4.17. The van der Waals surface area contributed by atoms with E-state index in [1.165, 1.54) is 0 Å². The zero-order valence-corrected chi connectivity index (χ0v) is 4.17. The topological polar surface area (TPSA) is 49.9 Å². The minimum Gasteiger partial charge on any atom is -0.385 e. The molecule has 0 saturated carbocycles. The van der Waals surface area contributed by atoms with Gasteiger partial charge in [0.2, 0.25) is 0 Å². The van der Waals surface area contributed by atoms with Gasteiger partial charge < -0.3 is 5.73 Å². The molecule has 0 saturated heterocycles. The second-order valence-electron chi connectivity index (χ2n) is 1.36. The van der Waals surface area contributed by atoms with Gasteiger partial charge in [-0.15, -0.1) is 0 Å². The van der Waals surface area contributed by atoms with Crippen molar-refractivity contribution >= 4 is 5.84 Å². The molecule has 0 spiro atoms. The monoisotopic (exact) mass is 144 g/mol. The molecular weight excluding hydrogens is 140 g/mol. The van der Waals surface area contributed by atoms with Crippen LogP contribution in [0.5, 0.6) is 0 Å². The minimum atomic E-state index is -5.04. The highest BCUT2D eigenvalue weighted by Gasteiger charge is 2.42. The first-order valence-electron chi connectivity index (χ1n) is 1.90. The largest absolute Gasteiger partial charge is 0.426 e. The predicted molar refractivity (Wildman–Crippen MR) is 22.9 cm³/mol. The molecule has 0 aliphatic rings. The Bertz CT molecular complexity index is 117. The molecule has 0 heterocycles. The van der Waals surface area contributed by atoms with E-state index < -0.39 is 18.2 Å². The highest BCUT2D eigenvalue weighted by Crippen LogP contribution is 2.22. The van der Waals surface area contributed by atoms with Gasteiger partial charge in [0.1, 0.15) is 5.84 Å². The molecule has 0 rings (SSSR count). The van der Waals surface area contributed by atoms with Crippen LogP contribution in [0.1, 0.15) is 0 Å². The maximum atomic E-state index is 11.6. The van der Waals surface area contributed by atoms with Gasteiger partial charge in [0.25, 0.3) is 6.17 Å². The highest BCUT2D eigenvalue weighted by atomic mass is 19.4. The van der Waals surface area contributed by atoms with E-state index in [0.29, 0.717) is 0 Å². The Morgan fingerprint density at radius 3 is 1.78 bits per heavy atom. The summed E-state index contributed by atoms with van der Waals surface area (Å²) in [5.41, 5.74) is 4.21. The number of hydrogen-bond donors (Lipinski definition) is 2. The van der Waals surface area contributed by atoms with Crippen molar-refractivity contribution in [2.45, 2.75) is 12.3 Å². The van der Waals surface area contributed by atoms with Gasteiger partial charge in [0.15, 0.2) is 0 Å². The van der Waals surface area contributed by atoms with Gasteiger partial charge in [0, 0.05) is 0 Å². The Kier molecular flexibility index (Phi) is 2.00. The molecule has 0 bridgehead atoms. The van der Waals surface area contributed by atoms with Gasteiger partial charge in [-0.1, -0.05) is 0 Å². The lowest BCUT2D eigenvalue weighted by Crippen LogP contribution is -2.36. The molecule has 54 valence electrons. The van der Waals surface area contributed by atoms with Crippen LogP contribution in [0.15, 0.2) is 0 Å². The number of alkyl halides is 4. The van der Waals surface area contributed by atoms with Gasteiger partial charge in [0.05, 0.1) is 0 Å². The summed E-state index contributed by atoms with van der Waals surface area (Å²) >= 11 is 0. The number of nitrogens with two attached hydrogens (primary N) is 1. The molecular formula is C3H4F4N2. The second kappa shape index (κ2) is 2.20. The van der Waals surface area contributed by atoms with Crippen LogP contribution in [-0.4, -0.2) is 18.2 Å². The number of nitrogens with one attached hydrogen (secondary N) is 1.